The van der Waals surface area contributed by atoms with Crippen molar-refractivity contribution in [2.24, 2.45) is 0 Å². The number of halogens is 1. The summed E-state index contributed by atoms with van der Waals surface area (Å²) in [5.41, 5.74) is 8.46. The number of rotatable bonds is 4. The summed E-state index contributed by atoms with van der Waals surface area (Å²) in [6.45, 7) is 5.53. The van der Waals surface area contributed by atoms with Gasteiger partial charge in [-0.05, 0) is 43.2 Å². The number of likely N-dealkylation sites (tertiary alicyclic amines) is 1. The van der Waals surface area contributed by atoms with Crippen molar-refractivity contribution < 1.29 is 9.32 Å². The smallest absolute Gasteiger partial charge is 0.255 e. The molecule has 1 amide bonds. The molecule has 1 aromatic carbocycles. The van der Waals surface area contributed by atoms with Crippen LogP contribution in [0.1, 0.15) is 60.1 Å². The predicted molar refractivity (Wildman–Crippen MR) is 106 cm³/mol. The maximum absolute atomic E-state index is 12.9. The van der Waals surface area contributed by atoms with Gasteiger partial charge < -0.3 is 15.2 Å². The number of nitrogens with two attached hydrogens (primary N) is 1. The van der Waals surface area contributed by atoms with E-state index in [1.54, 1.807) is 17.8 Å². The lowest BCUT2D eigenvalue weighted by Crippen LogP contribution is -2.38. The summed E-state index contributed by atoms with van der Waals surface area (Å²) in [6, 6.07) is 5.59. The number of hydrogen-bond donors (Lipinski definition) is 1. The predicted octanol–water partition coefficient (Wildman–Crippen LogP) is 4.78. The third-order valence-electron chi connectivity index (χ3n) is 4.93. The van der Waals surface area contributed by atoms with E-state index < -0.39 is 0 Å². The summed E-state index contributed by atoms with van der Waals surface area (Å²) in [4.78, 5) is 15.8. The summed E-state index contributed by atoms with van der Waals surface area (Å²) in [5, 5.41) is 4.70. The van der Waals surface area contributed by atoms with Crippen LogP contribution in [0.25, 0.3) is 0 Å². The molecule has 1 aromatic heterocycles. The summed E-state index contributed by atoms with van der Waals surface area (Å²) in [7, 11) is 0. The Morgan fingerprint density at radius 3 is 2.69 bits per heavy atom. The first-order valence-corrected chi connectivity index (χ1v) is 10.4. The fraction of sp³-hybridized carbons (Fsp3) is 0.474. The molecule has 0 radical (unpaired) electrons. The number of piperidine rings is 1. The van der Waals surface area contributed by atoms with Crippen LogP contribution in [0.3, 0.4) is 0 Å². The third kappa shape index (κ3) is 3.71. The van der Waals surface area contributed by atoms with Crippen molar-refractivity contribution in [2.75, 3.05) is 25.1 Å². The Morgan fingerprint density at radius 2 is 2.08 bits per heavy atom. The van der Waals surface area contributed by atoms with Crippen LogP contribution >= 0.6 is 23.4 Å². The zero-order chi connectivity index (χ0) is 18.8. The molecule has 140 valence electrons. The van der Waals surface area contributed by atoms with Crippen molar-refractivity contribution in [3.05, 3.63) is 40.0 Å². The van der Waals surface area contributed by atoms with Crippen molar-refractivity contribution in [2.45, 2.75) is 43.4 Å². The Balaban J connectivity index is 1.72. The normalized spacial score (nSPS) is 15.7. The number of carbonyl (C=O) groups is 1. The largest absolute Gasteiger partial charge is 0.367 e. The van der Waals surface area contributed by atoms with E-state index >= 15 is 0 Å². The second-order valence-corrected chi connectivity index (χ2v) is 8.20. The summed E-state index contributed by atoms with van der Waals surface area (Å²) in [5.74, 6) is 0.941. The van der Waals surface area contributed by atoms with Crippen LogP contribution in [-0.4, -0.2) is 35.3 Å². The van der Waals surface area contributed by atoms with E-state index in [2.05, 4.69) is 19.0 Å². The topological polar surface area (TPSA) is 72.4 Å². The fourth-order valence-electron chi connectivity index (χ4n) is 3.52. The van der Waals surface area contributed by atoms with Crippen LogP contribution in [0.2, 0.25) is 5.02 Å². The molecule has 1 aliphatic heterocycles. The first-order valence-electron chi connectivity index (χ1n) is 8.80. The summed E-state index contributed by atoms with van der Waals surface area (Å²) in [6.07, 6.45) is 3.67. The van der Waals surface area contributed by atoms with Gasteiger partial charge in [-0.2, -0.15) is 0 Å². The Hall–Kier alpha value is -1.66. The zero-order valence-electron chi connectivity index (χ0n) is 15.3. The highest BCUT2D eigenvalue weighted by atomic mass is 35.5. The molecule has 0 atom stereocenters. The average molecular weight is 394 g/mol. The van der Waals surface area contributed by atoms with Gasteiger partial charge in [0.1, 0.15) is 0 Å². The van der Waals surface area contributed by atoms with Gasteiger partial charge in [0.05, 0.1) is 16.3 Å². The maximum Gasteiger partial charge on any atom is 0.255 e. The number of carbonyl (C=O) groups excluding carboxylic acids is 1. The summed E-state index contributed by atoms with van der Waals surface area (Å²) >= 11 is 7.86. The number of hydrogen-bond acceptors (Lipinski definition) is 5. The quantitative estimate of drug-likeness (QED) is 0.757. The standard InChI is InChI=1S/C19H24ClN3O2S/c1-11(2)16-17(22-25-18(16)21)12-6-8-23(9-7-12)19(24)14-10-13(26-3)4-5-15(14)20/h4-5,10-12H,6-9,21H2,1-3H3. The molecule has 0 spiro atoms. The van der Waals surface area contributed by atoms with Gasteiger partial charge in [0.15, 0.2) is 0 Å². The number of nitrogens with zero attached hydrogens (tertiary/aromatic N) is 2. The monoisotopic (exact) mass is 393 g/mol. The van der Waals surface area contributed by atoms with Crippen LogP contribution in [0, 0.1) is 0 Å². The van der Waals surface area contributed by atoms with Crippen molar-refractivity contribution in [3.8, 4) is 0 Å². The van der Waals surface area contributed by atoms with E-state index in [-0.39, 0.29) is 17.7 Å². The van der Waals surface area contributed by atoms with Gasteiger partial charge in [-0.15, -0.1) is 11.8 Å². The van der Waals surface area contributed by atoms with Crippen LogP contribution < -0.4 is 5.73 Å². The van der Waals surface area contributed by atoms with Crippen molar-refractivity contribution in [1.29, 1.82) is 0 Å². The molecule has 0 saturated carbocycles. The first-order chi connectivity index (χ1) is 12.4. The minimum absolute atomic E-state index is 0.00639. The molecule has 3 rings (SSSR count). The van der Waals surface area contributed by atoms with Crippen LogP contribution in [0.15, 0.2) is 27.6 Å². The molecular weight excluding hydrogens is 370 g/mol. The fourth-order valence-corrected chi connectivity index (χ4v) is 4.16. The van der Waals surface area contributed by atoms with Gasteiger partial charge in [0, 0.05) is 29.5 Å². The van der Waals surface area contributed by atoms with Gasteiger partial charge in [0.2, 0.25) is 5.88 Å². The highest BCUT2D eigenvalue weighted by molar-refractivity contribution is 7.98. The van der Waals surface area contributed by atoms with E-state index in [1.165, 1.54) is 0 Å². The minimum Gasteiger partial charge on any atom is -0.367 e. The molecule has 1 aliphatic rings. The average Bonchev–Trinajstić information content (AvgIpc) is 3.03. The molecule has 0 aliphatic carbocycles. The number of aromatic nitrogens is 1. The Bertz CT molecular complexity index is 798. The highest BCUT2D eigenvalue weighted by Crippen LogP contribution is 2.36. The molecule has 2 heterocycles. The van der Waals surface area contributed by atoms with E-state index in [4.69, 9.17) is 21.9 Å². The molecule has 26 heavy (non-hydrogen) atoms. The number of amides is 1. The van der Waals surface area contributed by atoms with E-state index in [9.17, 15) is 4.79 Å². The van der Waals surface area contributed by atoms with E-state index in [0.29, 0.717) is 29.6 Å². The van der Waals surface area contributed by atoms with Crippen LogP contribution in [-0.2, 0) is 0 Å². The van der Waals surface area contributed by atoms with Crippen molar-refractivity contribution in [1.82, 2.24) is 10.1 Å². The van der Waals surface area contributed by atoms with Crippen molar-refractivity contribution >= 4 is 35.2 Å². The molecule has 5 nitrogen and oxygen atoms in total. The molecule has 2 aromatic rings. The lowest BCUT2D eigenvalue weighted by atomic mass is 9.88. The van der Waals surface area contributed by atoms with E-state index in [1.807, 2.05) is 23.3 Å². The molecule has 7 heteroatoms. The van der Waals surface area contributed by atoms with Crippen LogP contribution in [0.5, 0.6) is 0 Å². The Labute approximate surface area is 163 Å². The molecule has 1 fully saturated rings. The van der Waals surface area contributed by atoms with E-state index in [0.717, 1.165) is 29.0 Å². The molecule has 1 saturated heterocycles. The van der Waals surface area contributed by atoms with Crippen molar-refractivity contribution in [3.63, 3.8) is 0 Å². The first kappa shape index (κ1) is 19.1. The van der Waals surface area contributed by atoms with Gasteiger partial charge in [-0.25, -0.2) is 0 Å². The summed E-state index contributed by atoms with van der Waals surface area (Å²) < 4.78 is 5.22. The van der Waals surface area contributed by atoms with Gasteiger partial charge in [0.25, 0.3) is 5.91 Å². The van der Waals surface area contributed by atoms with Gasteiger partial charge >= 0.3 is 0 Å². The van der Waals surface area contributed by atoms with Gasteiger partial charge in [-0.1, -0.05) is 30.6 Å². The highest BCUT2D eigenvalue weighted by Gasteiger charge is 2.30. The third-order valence-corrected chi connectivity index (χ3v) is 5.99. The lowest BCUT2D eigenvalue weighted by Gasteiger charge is -2.32. The number of anilines is 1. The number of nitrogen functional groups attached to an aromatic ring is 1. The molecule has 0 bridgehead atoms. The Kier molecular flexibility index (Phi) is 5.82. The molecular formula is C19H24ClN3O2S. The zero-order valence-corrected chi connectivity index (χ0v) is 16.9. The molecule has 0 unspecified atom stereocenters. The van der Waals surface area contributed by atoms with Gasteiger partial charge in [-0.3, -0.25) is 4.79 Å². The lowest BCUT2D eigenvalue weighted by molar-refractivity contribution is 0.0711. The Morgan fingerprint density at radius 1 is 1.38 bits per heavy atom. The maximum atomic E-state index is 12.9. The molecule has 2 N–H and O–H groups in total. The second kappa shape index (κ2) is 7.92. The second-order valence-electron chi connectivity index (χ2n) is 6.91. The van der Waals surface area contributed by atoms with Crippen LogP contribution in [0.4, 0.5) is 5.88 Å². The minimum atomic E-state index is -0.00639. The number of thioether (sulfide) groups is 1. The number of benzene rings is 1. The SMILES string of the molecule is CSc1ccc(Cl)c(C(=O)N2CCC(c3noc(N)c3C(C)C)CC2)c1.